The number of rotatable bonds is 4. The summed E-state index contributed by atoms with van der Waals surface area (Å²) in [6.07, 6.45) is 0.862. The van der Waals surface area contributed by atoms with Crippen molar-refractivity contribution in [3.8, 4) is 11.1 Å². The van der Waals surface area contributed by atoms with Gasteiger partial charge in [-0.1, -0.05) is 24.3 Å². The molecule has 0 saturated carbocycles. The van der Waals surface area contributed by atoms with Crippen LogP contribution in [0.1, 0.15) is 5.56 Å². The van der Waals surface area contributed by atoms with Gasteiger partial charge < -0.3 is 10.5 Å². The molecule has 2 aromatic carbocycles. The Labute approximate surface area is 106 Å². The number of anilines is 1. The molecule has 2 N–H and O–H groups in total. The second-order valence-corrected chi connectivity index (χ2v) is 4.18. The number of hydrogen-bond donors (Lipinski definition) is 1. The smallest absolute Gasteiger partial charge is 0.133 e. The summed E-state index contributed by atoms with van der Waals surface area (Å²) < 4.78 is 18.8. The number of nitrogens with two attached hydrogens (primary N) is 1. The summed E-state index contributed by atoms with van der Waals surface area (Å²) in [5, 5.41) is 0. The van der Waals surface area contributed by atoms with Gasteiger partial charge in [0.15, 0.2) is 0 Å². The van der Waals surface area contributed by atoms with E-state index in [0.29, 0.717) is 17.9 Å². The lowest BCUT2D eigenvalue weighted by atomic mass is 10.0. The highest BCUT2D eigenvalue weighted by Crippen LogP contribution is 2.24. The van der Waals surface area contributed by atoms with Crippen LogP contribution in [0.15, 0.2) is 42.5 Å². The summed E-state index contributed by atoms with van der Waals surface area (Å²) in [7, 11) is 1.68. The summed E-state index contributed by atoms with van der Waals surface area (Å²) in [5.41, 5.74) is 8.57. The maximum atomic E-state index is 13.7. The van der Waals surface area contributed by atoms with Gasteiger partial charge in [-0.25, -0.2) is 4.39 Å². The zero-order valence-corrected chi connectivity index (χ0v) is 10.3. The van der Waals surface area contributed by atoms with Crippen molar-refractivity contribution in [2.24, 2.45) is 0 Å². The average Bonchev–Trinajstić information content (AvgIpc) is 2.37. The fourth-order valence-electron chi connectivity index (χ4n) is 1.84. The minimum Gasteiger partial charge on any atom is -0.399 e. The molecule has 0 aliphatic carbocycles. The first-order valence-corrected chi connectivity index (χ1v) is 5.84. The van der Waals surface area contributed by atoms with Gasteiger partial charge in [0.05, 0.1) is 6.61 Å². The molecule has 0 aliphatic heterocycles. The first-order chi connectivity index (χ1) is 8.70. The summed E-state index contributed by atoms with van der Waals surface area (Å²) in [4.78, 5) is 0. The average molecular weight is 245 g/mol. The van der Waals surface area contributed by atoms with Crippen molar-refractivity contribution in [3.63, 3.8) is 0 Å². The maximum Gasteiger partial charge on any atom is 0.133 e. The van der Waals surface area contributed by atoms with Gasteiger partial charge >= 0.3 is 0 Å². The minimum absolute atomic E-state index is 0.292. The molecule has 0 unspecified atom stereocenters. The Bertz CT molecular complexity index is 523. The zero-order valence-electron chi connectivity index (χ0n) is 10.3. The topological polar surface area (TPSA) is 35.2 Å². The summed E-state index contributed by atoms with van der Waals surface area (Å²) in [6, 6.07) is 12.6. The van der Waals surface area contributed by atoms with E-state index in [4.69, 9.17) is 10.5 Å². The summed E-state index contributed by atoms with van der Waals surface area (Å²) >= 11 is 0. The molecular weight excluding hydrogens is 229 g/mol. The molecule has 2 rings (SSSR count). The minimum atomic E-state index is -0.292. The molecule has 0 atom stereocenters. The van der Waals surface area contributed by atoms with Gasteiger partial charge in [0.1, 0.15) is 5.82 Å². The standard InChI is InChI=1S/C15H16FNO/c1-18-9-8-11-2-4-12(5-3-11)14-7-6-13(17)10-15(14)16/h2-7,10H,8-9,17H2,1H3. The van der Waals surface area contributed by atoms with Crippen molar-refractivity contribution >= 4 is 5.69 Å². The fourth-order valence-corrected chi connectivity index (χ4v) is 1.84. The molecule has 2 aromatic rings. The molecule has 0 radical (unpaired) electrons. The summed E-state index contributed by atoms with van der Waals surface area (Å²) in [6.45, 7) is 0.690. The van der Waals surface area contributed by atoms with Gasteiger partial charge in [-0.2, -0.15) is 0 Å². The number of benzene rings is 2. The Kier molecular flexibility index (Phi) is 3.95. The molecule has 0 bridgehead atoms. The molecule has 0 saturated heterocycles. The molecule has 0 heterocycles. The van der Waals surface area contributed by atoms with Gasteiger partial charge in [-0.05, 0) is 35.7 Å². The number of halogens is 1. The van der Waals surface area contributed by atoms with Crippen LogP contribution in [0, 0.1) is 5.82 Å². The Balaban J connectivity index is 2.23. The fraction of sp³-hybridized carbons (Fsp3) is 0.200. The van der Waals surface area contributed by atoms with Crippen molar-refractivity contribution in [2.45, 2.75) is 6.42 Å². The number of nitrogen functional groups attached to an aromatic ring is 1. The first kappa shape index (κ1) is 12.6. The highest BCUT2D eigenvalue weighted by Gasteiger charge is 2.05. The molecule has 0 aromatic heterocycles. The largest absolute Gasteiger partial charge is 0.399 e. The Morgan fingerprint density at radius 3 is 2.44 bits per heavy atom. The Morgan fingerprint density at radius 2 is 1.83 bits per heavy atom. The number of hydrogen-bond acceptors (Lipinski definition) is 2. The lowest BCUT2D eigenvalue weighted by Gasteiger charge is -2.06. The van der Waals surface area contributed by atoms with E-state index in [2.05, 4.69) is 0 Å². The zero-order chi connectivity index (χ0) is 13.0. The van der Waals surface area contributed by atoms with Crippen LogP contribution in [-0.2, 0) is 11.2 Å². The van der Waals surface area contributed by atoms with Crippen LogP contribution in [0.25, 0.3) is 11.1 Å². The predicted molar refractivity (Wildman–Crippen MR) is 71.8 cm³/mol. The van der Waals surface area contributed by atoms with Crippen molar-refractivity contribution in [1.29, 1.82) is 0 Å². The molecule has 2 nitrogen and oxygen atoms in total. The van der Waals surface area contributed by atoms with Gasteiger partial charge in [-0.15, -0.1) is 0 Å². The Morgan fingerprint density at radius 1 is 1.11 bits per heavy atom. The molecule has 0 aliphatic rings. The molecule has 0 spiro atoms. The van der Waals surface area contributed by atoms with Gasteiger partial charge in [0.2, 0.25) is 0 Å². The molecule has 0 amide bonds. The van der Waals surface area contributed by atoms with Crippen molar-refractivity contribution in [2.75, 3.05) is 19.5 Å². The second kappa shape index (κ2) is 5.65. The maximum absolute atomic E-state index is 13.7. The first-order valence-electron chi connectivity index (χ1n) is 5.84. The Hall–Kier alpha value is -1.87. The third-order valence-electron chi connectivity index (χ3n) is 2.85. The van der Waals surface area contributed by atoms with E-state index in [-0.39, 0.29) is 5.82 Å². The third kappa shape index (κ3) is 2.87. The van der Waals surface area contributed by atoms with E-state index in [1.165, 1.54) is 11.6 Å². The van der Waals surface area contributed by atoms with E-state index in [9.17, 15) is 4.39 Å². The summed E-state index contributed by atoms with van der Waals surface area (Å²) in [5.74, 6) is -0.292. The van der Waals surface area contributed by atoms with Crippen LogP contribution >= 0.6 is 0 Å². The van der Waals surface area contributed by atoms with Crippen LogP contribution in [0.4, 0.5) is 10.1 Å². The van der Waals surface area contributed by atoms with Crippen LogP contribution in [-0.4, -0.2) is 13.7 Å². The van der Waals surface area contributed by atoms with Crippen LogP contribution in [0.5, 0.6) is 0 Å². The molecular formula is C15H16FNO. The lowest BCUT2D eigenvalue weighted by Crippen LogP contribution is -1.94. The lowest BCUT2D eigenvalue weighted by molar-refractivity contribution is 0.202. The normalized spacial score (nSPS) is 10.6. The van der Waals surface area contributed by atoms with E-state index in [1.54, 1.807) is 19.2 Å². The van der Waals surface area contributed by atoms with Crippen LogP contribution < -0.4 is 5.73 Å². The molecule has 18 heavy (non-hydrogen) atoms. The monoisotopic (exact) mass is 245 g/mol. The van der Waals surface area contributed by atoms with Gasteiger partial charge in [0, 0.05) is 18.4 Å². The van der Waals surface area contributed by atoms with Crippen LogP contribution in [0.2, 0.25) is 0 Å². The van der Waals surface area contributed by atoms with Gasteiger partial charge in [0.25, 0.3) is 0 Å². The van der Waals surface area contributed by atoms with E-state index >= 15 is 0 Å². The van der Waals surface area contributed by atoms with Crippen molar-refractivity contribution in [3.05, 3.63) is 53.8 Å². The SMILES string of the molecule is COCCc1ccc(-c2ccc(N)cc2F)cc1. The highest BCUT2D eigenvalue weighted by molar-refractivity contribution is 5.66. The quantitative estimate of drug-likeness (QED) is 0.839. The van der Waals surface area contributed by atoms with E-state index in [0.717, 1.165) is 12.0 Å². The highest BCUT2D eigenvalue weighted by atomic mass is 19.1. The number of methoxy groups -OCH3 is 1. The molecule has 0 fully saturated rings. The third-order valence-corrected chi connectivity index (χ3v) is 2.85. The van der Waals surface area contributed by atoms with Crippen LogP contribution in [0.3, 0.4) is 0 Å². The predicted octanol–water partition coefficient (Wildman–Crippen LogP) is 3.26. The number of ether oxygens (including phenoxy) is 1. The van der Waals surface area contributed by atoms with E-state index < -0.39 is 0 Å². The van der Waals surface area contributed by atoms with Gasteiger partial charge in [-0.3, -0.25) is 0 Å². The van der Waals surface area contributed by atoms with Crippen molar-refractivity contribution < 1.29 is 9.13 Å². The van der Waals surface area contributed by atoms with Crippen molar-refractivity contribution in [1.82, 2.24) is 0 Å². The second-order valence-electron chi connectivity index (χ2n) is 4.18. The molecule has 3 heteroatoms. The van der Waals surface area contributed by atoms with E-state index in [1.807, 2.05) is 24.3 Å². The molecule has 94 valence electrons.